The molecule has 1 heterocycles. The van der Waals surface area contributed by atoms with Gasteiger partial charge >= 0.3 is 11.9 Å². The van der Waals surface area contributed by atoms with Crippen molar-refractivity contribution in [3.05, 3.63) is 95.5 Å². The first-order chi connectivity index (χ1) is 21.5. The molecule has 4 aliphatic rings. The van der Waals surface area contributed by atoms with Gasteiger partial charge in [-0.2, -0.15) is 0 Å². The van der Waals surface area contributed by atoms with E-state index in [1.807, 2.05) is 12.2 Å². The van der Waals surface area contributed by atoms with Crippen molar-refractivity contribution in [2.75, 3.05) is 0 Å². The third kappa shape index (κ3) is 6.12. The van der Waals surface area contributed by atoms with Crippen LogP contribution < -0.4 is 0 Å². The van der Waals surface area contributed by atoms with E-state index in [0.717, 1.165) is 38.5 Å². The van der Waals surface area contributed by atoms with E-state index in [2.05, 4.69) is 102 Å². The Morgan fingerprint density at radius 2 is 0.978 bits per heavy atom. The van der Waals surface area contributed by atoms with Gasteiger partial charge in [0.25, 0.3) is 0 Å². The first-order valence-corrected chi connectivity index (χ1v) is 17.1. The van der Waals surface area contributed by atoms with Crippen molar-refractivity contribution in [1.82, 2.24) is 0 Å². The minimum atomic E-state index is -0.809. The van der Waals surface area contributed by atoms with Gasteiger partial charge in [0.2, 0.25) is 0 Å². The molecule has 6 unspecified atom stereocenters. The fraction of sp³-hybridized carbons (Fsp3) is 0.550. The summed E-state index contributed by atoms with van der Waals surface area (Å²) in [6.45, 7) is 13.8. The molecule has 8 atom stereocenters. The summed E-state index contributed by atoms with van der Waals surface area (Å²) in [6, 6.07) is 21.3. The van der Waals surface area contributed by atoms with Crippen LogP contribution in [-0.2, 0) is 34.6 Å². The molecule has 0 bridgehead atoms. The van der Waals surface area contributed by atoms with Crippen LogP contribution in [0.25, 0.3) is 0 Å². The summed E-state index contributed by atoms with van der Waals surface area (Å²) in [5.74, 6) is -0.0648. The van der Waals surface area contributed by atoms with Crippen molar-refractivity contribution in [3.8, 4) is 0 Å². The molecular weight excluding hydrogens is 560 g/mol. The molecule has 0 aromatic heterocycles. The van der Waals surface area contributed by atoms with Gasteiger partial charge in [0, 0.05) is 11.8 Å². The number of carbonyl (C=O) groups excluding carboxylic acids is 2. The van der Waals surface area contributed by atoms with Crippen LogP contribution in [0.4, 0.5) is 0 Å². The van der Waals surface area contributed by atoms with Gasteiger partial charge in [-0.25, -0.2) is 0 Å². The van der Waals surface area contributed by atoms with E-state index in [1.54, 1.807) is 0 Å². The minimum absolute atomic E-state index is 0.0783. The number of cyclic esters (lactones) is 2. The van der Waals surface area contributed by atoms with Gasteiger partial charge in [0.1, 0.15) is 35.6 Å². The predicted octanol–water partition coefficient (Wildman–Crippen LogP) is 8.68. The molecule has 240 valence electrons. The molecule has 2 aromatic rings. The zero-order valence-corrected chi connectivity index (χ0v) is 27.8. The average molecular weight is 611 g/mol. The summed E-state index contributed by atoms with van der Waals surface area (Å²) >= 11 is 0. The molecule has 3 aliphatic carbocycles. The van der Waals surface area contributed by atoms with Gasteiger partial charge in [-0.15, -0.1) is 0 Å². The lowest BCUT2D eigenvalue weighted by atomic mass is 9.64. The van der Waals surface area contributed by atoms with Crippen molar-refractivity contribution in [3.63, 3.8) is 0 Å². The standard InChI is InChI=1S/C40H50O5/c1-25-17-19-29(39(3,4)27-13-9-7-10-14-27)33(23-25)43-31-21-22-32(36-35(31)37(41)45-38(36)42)44-34-24-26(2)18-20-30(34)40(5,6)28-15-11-8-12-16-28/h7-16,21-22,25-26,29-30,33-36H,17-20,23-24H2,1-6H3/t25?,26?,29?,30?,33?,34?,35-,36+. The molecule has 0 amide bonds. The second-order valence-electron chi connectivity index (χ2n) is 15.4. The molecule has 0 spiro atoms. The summed E-state index contributed by atoms with van der Waals surface area (Å²) in [5, 5.41) is 0. The molecule has 2 saturated carbocycles. The van der Waals surface area contributed by atoms with E-state index < -0.39 is 23.8 Å². The highest BCUT2D eigenvalue weighted by Crippen LogP contribution is 2.49. The van der Waals surface area contributed by atoms with Gasteiger partial charge in [0.05, 0.1) is 0 Å². The molecule has 2 aromatic carbocycles. The maximum absolute atomic E-state index is 13.3. The Balaban J connectivity index is 1.29. The van der Waals surface area contributed by atoms with Crippen LogP contribution in [-0.4, -0.2) is 24.1 Å². The van der Waals surface area contributed by atoms with E-state index in [9.17, 15) is 9.59 Å². The Kier molecular flexibility index (Phi) is 8.76. The van der Waals surface area contributed by atoms with Crippen molar-refractivity contribution in [2.45, 2.75) is 103 Å². The molecule has 0 radical (unpaired) electrons. The van der Waals surface area contributed by atoms with Crippen LogP contribution in [0.15, 0.2) is 84.3 Å². The highest BCUT2D eigenvalue weighted by Gasteiger charge is 2.54. The third-order valence-corrected chi connectivity index (χ3v) is 11.6. The lowest BCUT2D eigenvalue weighted by Gasteiger charge is -2.46. The maximum Gasteiger partial charge on any atom is 0.325 e. The number of carbonyl (C=O) groups is 2. The number of esters is 2. The van der Waals surface area contributed by atoms with E-state index in [0.29, 0.717) is 23.4 Å². The number of rotatable bonds is 8. The molecule has 6 rings (SSSR count). The second kappa shape index (κ2) is 12.5. The Morgan fingerprint density at radius 1 is 0.600 bits per heavy atom. The fourth-order valence-electron chi connectivity index (χ4n) is 8.74. The normalized spacial score (nSPS) is 32.2. The van der Waals surface area contributed by atoms with E-state index in [1.165, 1.54) is 11.1 Å². The van der Waals surface area contributed by atoms with E-state index in [4.69, 9.17) is 14.2 Å². The van der Waals surface area contributed by atoms with Crippen LogP contribution >= 0.6 is 0 Å². The maximum atomic E-state index is 13.3. The number of hydrogen-bond donors (Lipinski definition) is 0. The molecule has 3 fully saturated rings. The zero-order valence-electron chi connectivity index (χ0n) is 27.8. The first-order valence-electron chi connectivity index (χ1n) is 17.1. The Hall–Kier alpha value is -3.34. The Bertz CT molecular complexity index is 1330. The number of fused-ring (bicyclic) bond motifs is 1. The predicted molar refractivity (Wildman–Crippen MR) is 176 cm³/mol. The van der Waals surface area contributed by atoms with Gasteiger partial charge < -0.3 is 14.2 Å². The number of ether oxygens (including phenoxy) is 3. The summed E-state index contributed by atoms with van der Waals surface area (Å²) < 4.78 is 19.0. The molecule has 0 N–H and O–H groups in total. The van der Waals surface area contributed by atoms with Crippen LogP contribution in [0, 0.1) is 35.5 Å². The van der Waals surface area contributed by atoms with Gasteiger partial charge in [-0.1, -0.05) is 115 Å². The van der Waals surface area contributed by atoms with Crippen LogP contribution in [0.2, 0.25) is 0 Å². The second-order valence-corrected chi connectivity index (χ2v) is 15.4. The Labute approximate surface area is 269 Å². The first kappa shape index (κ1) is 31.6. The number of benzene rings is 2. The number of hydrogen-bond acceptors (Lipinski definition) is 5. The molecule has 45 heavy (non-hydrogen) atoms. The van der Waals surface area contributed by atoms with E-state index >= 15 is 0 Å². The lowest BCUT2D eigenvalue weighted by Crippen LogP contribution is -2.44. The third-order valence-electron chi connectivity index (χ3n) is 11.6. The summed E-state index contributed by atoms with van der Waals surface area (Å²) in [7, 11) is 0. The molecule has 1 aliphatic heterocycles. The molecule has 5 heteroatoms. The largest absolute Gasteiger partial charge is 0.493 e. The average Bonchev–Trinajstić information content (AvgIpc) is 3.33. The van der Waals surface area contributed by atoms with E-state index in [-0.39, 0.29) is 34.9 Å². The topological polar surface area (TPSA) is 61.8 Å². The van der Waals surface area contributed by atoms with Crippen LogP contribution in [0.3, 0.4) is 0 Å². The summed E-state index contributed by atoms with van der Waals surface area (Å²) in [6.07, 6.45) is 9.79. The van der Waals surface area contributed by atoms with Crippen LogP contribution in [0.5, 0.6) is 0 Å². The SMILES string of the molecule is CC1CCC(C(C)(C)c2ccccc2)C(OC2=CC=C(OC3CC(C)CCC3C(C)(C)c3ccccc3)[C@@H]3C(=O)OC(=O)[C@H]23)C1. The van der Waals surface area contributed by atoms with Crippen molar-refractivity contribution < 1.29 is 23.8 Å². The van der Waals surface area contributed by atoms with Gasteiger partial charge in [0.15, 0.2) is 0 Å². The van der Waals surface area contributed by atoms with Crippen LogP contribution in [0.1, 0.15) is 91.2 Å². The molecular formula is C40H50O5. The fourth-order valence-corrected chi connectivity index (χ4v) is 8.74. The summed E-state index contributed by atoms with van der Waals surface area (Å²) in [5.41, 5.74) is 2.34. The highest BCUT2D eigenvalue weighted by molar-refractivity contribution is 5.99. The lowest BCUT2D eigenvalue weighted by molar-refractivity contribution is -0.153. The Morgan fingerprint density at radius 3 is 1.36 bits per heavy atom. The van der Waals surface area contributed by atoms with Crippen molar-refractivity contribution >= 4 is 11.9 Å². The van der Waals surface area contributed by atoms with Gasteiger partial charge in [-0.05, 0) is 71.6 Å². The van der Waals surface area contributed by atoms with Gasteiger partial charge in [-0.3, -0.25) is 9.59 Å². The minimum Gasteiger partial charge on any atom is -0.493 e. The quantitative estimate of drug-likeness (QED) is 0.221. The molecule has 5 nitrogen and oxygen atoms in total. The zero-order chi connectivity index (χ0) is 31.9. The smallest absolute Gasteiger partial charge is 0.325 e. The monoisotopic (exact) mass is 610 g/mol. The summed E-state index contributed by atoms with van der Waals surface area (Å²) in [4.78, 5) is 26.6. The highest BCUT2D eigenvalue weighted by atomic mass is 16.6. The van der Waals surface area contributed by atoms with Crippen molar-refractivity contribution in [2.24, 2.45) is 35.5 Å². The van der Waals surface area contributed by atoms with Crippen molar-refractivity contribution in [1.29, 1.82) is 0 Å². The number of allylic oxidation sites excluding steroid dienone is 2. The molecule has 1 saturated heterocycles.